The third kappa shape index (κ3) is 4.76. The van der Waals surface area contributed by atoms with Gasteiger partial charge in [-0.25, -0.2) is 4.79 Å². The van der Waals surface area contributed by atoms with Gasteiger partial charge in [0.05, 0.1) is 4.92 Å². The van der Waals surface area contributed by atoms with Crippen molar-refractivity contribution in [3.8, 4) is 5.75 Å². The molecule has 1 rings (SSSR count). The van der Waals surface area contributed by atoms with E-state index in [2.05, 4.69) is 0 Å². The quantitative estimate of drug-likeness (QED) is 0.267. The maximum atomic E-state index is 10.8. The molecule has 7 nitrogen and oxygen atoms in total. The van der Waals surface area contributed by atoms with Crippen molar-refractivity contribution in [2.75, 3.05) is 13.4 Å². The highest BCUT2D eigenvalue weighted by atomic mass is 16.7. The lowest BCUT2D eigenvalue weighted by Crippen LogP contribution is -2.04. The van der Waals surface area contributed by atoms with E-state index >= 15 is 0 Å². The van der Waals surface area contributed by atoms with Crippen LogP contribution >= 0.6 is 0 Å². The van der Waals surface area contributed by atoms with E-state index in [1.165, 1.54) is 24.3 Å². The molecule has 0 saturated carbocycles. The summed E-state index contributed by atoms with van der Waals surface area (Å²) >= 11 is 0. The van der Waals surface area contributed by atoms with Crippen molar-refractivity contribution >= 4 is 17.7 Å². The number of carboxylic acids is 1. The molecular formula is C12H13NO6. The number of nitrogens with zero attached hydrogens (tertiary/aromatic N) is 1. The van der Waals surface area contributed by atoms with Crippen LogP contribution in [0.1, 0.15) is 12.5 Å². The average molecular weight is 267 g/mol. The van der Waals surface area contributed by atoms with Crippen LogP contribution in [0.5, 0.6) is 5.75 Å². The van der Waals surface area contributed by atoms with Gasteiger partial charge in [-0.2, -0.15) is 0 Å². The first-order valence-corrected chi connectivity index (χ1v) is 5.44. The van der Waals surface area contributed by atoms with Crippen molar-refractivity contribution in [2.45, 2.75) is 6.92 Å². The molecule has 0 atom stereocenters. The van der Waals surface area contributed by atoms with Crippen LogP contribution in [0, 0.1) is 10.1 Å². The molecule has 0 aromatic heterocycles. The Morgan fingerprint density at radius 2 is 2.26 bits per heavy atom. The first-order chi connectivity index (χ1) is 9.04. The molecule has 0 aliphatic carbocycles. The minimum atomic E-state index is -1.10. The molecule has 1 N–H and O–H groups in total. The van der Waals surface area contributed by atoms with Gasteiger partial charge in [-0.3, -0.25) is 10.1 Å². The second kappa shape index (κ2) is 7.12. The van der Waals surface area contributed by atoms with E-state index in [1.807, 2.05) is 0 Å². The first kappa shape index (κ1) is 14.7. The Balaban J connectivity index is 2.96. The molecule has 1 aromatic carbocycles. The number of carbonyl (C=O) groups is 1. The van der Waals surface area contributed by atoms with Crippen molar-refractivity contribution < 1.29 is 24.3 Å². The molecule has 19 heavy (non-hydrogen) atoms. The minimum absolute atomic E-state index is 0.0333. The fraction of sp³-hybridized carbons (Fsp3) is 0.250. The Hall–Kier alpha value is -2.41. The summed E-state index contributed by atoms with van der Waals surface area (Å²) in [5.74, 6) is -1.07. The van der Waals surface area contributed by atoms with Gasteiger partial charge in [-0.05, 0) is 30.7 Å². The third-order valence-corrected chi connectivity index (χ3v) is 2.10. The predicted molar refractivity (Wildman–Crippen MR) is 66.9 cm³/mol. The molecule has 0 heterocycles. The molecule has 102 valence electrons. The molecule has 0 unspecified atom stereocenters. The van der Waals surface area contributed by atoms with Crippen LogP contribution < -0.4 is 4.74 Å². The van der Waals surface area contributed by atoms with Gasteiger partial charge in [0, 0.05) is 18.7 Å². The smallest absolute Gasteiger partial charge is 0.328 e. The van der Waals surface area contributed by atoms with Crippen molar-refractivity contribution in [1.29, 1.82) is 0 Å². The van der Waals surface area contributed by atoms with Crippen molar-refractivity contribution in [2.24, 2.45) is 0 Å². The summed E-state index contributed by atoms with van der Waals surface area (Å²) in [7, 11) is 0. The Morgan fingerprint density at radius 3 is 2.84 bits per heavy atom. The lowest BCUT2D eigenvalue weighted by molar-refractivity contribution is -0.386. The fourth-order valence-corrected chi connectivity index (χ4v) is 1.26. The van der Waals surface area contributed by atoms with E-state index in [1.54, 1.807) is 6.92 Å². The van der Waals surface area contributed by atoms with Crippen LogP contribution in [0.25, 0.3) is 6.08 Å². The zero-order valence-electron chi connectivity index (χ0n) is 10.2. The normalized spacial score (nSPS) is 10.6. The summed E-state index contributed by atoms with van der Waals surface area (Å²) in [5, 5.41) is 19.3. The number of hydrogen-bond donors (Lipinski definition) is 1. The van der Waals surface area contributed by atoms with Crippen LogP contribution in [-0.4, -0.2) is 29.4 Å². The SMILES string of the molecule is CCOCOc1cc(C=CC(=O)O)ccc1[N+](=O)[O-]. The van der Waals surface area contributed by atoms with Crippen LogP contribution in [0.15, 0.2) is 24.3 Å². The van der Waals surface area contributed by atoms with E-state index < -0.39 is 10.9 Å². The molecule has 0 spiro atoms. The number of nitro groups is 1. The monoisotopic (exact) mass is 267 g/mol. The van der Waals surface area contributed by atoms with Gasteiger partial charge in [-0.15, -0.1) is 0 Å². The Morgan fingerprint density at radius 1 is 1.53 bits per heavy atom. The molecular weight excluding hydrogens is 254 g/mol. The predicted octanol–water partition coefficient (Wildman–Crippen LogP) is 2.07. The van der Waals surface area contributed by atoms with E-state index in [0.29, 0.717) is 12.2 Å². The van der Waals surface area contributed by atoms with Crippen LogP contribution in [0.4, 0.5) is 5.69 Å². The lowest BCUT2D eigenvalue weighted by atomic mass is 10.2. The van der Waals surface area contributed by atoms with Gasteiger partial charge in [0.1, 0.15) is 0 Å². The zero-order valence-corrected chi connectivity index (χ0v) is 10.2. The summed E-state index contributed by atoms with van der Waals surface area (Å²) < 4.78 is 10.1. The number of ether oxygens (including phenoxy) is 2. The number of carboxylic acid groups (broad SMARTS) is 1. The number of hydrogen-bond acceptors (Lipinski definition) is 5. The summed E-state index contributed by atoms with van der Waals surface area (Å²) in [4.78, 5) is 20.6. The van der Waals surface area contributed by atoms with Gasteiger partial charge in [0.2, 0.25) is 0 Å². The van der Waals surface area contributed by atoms with Crippen molar-refractivity contribution in [3.05, 3.63) is 40.0 Å². The third-order valence-electron chi connectivity index (χ3n) is 2.10. The molecule has 1 aromatic rings. The molecule has 0 aliphatic rings. The van der Waals surface area contributed by atoms with Gasteiger partial charge < -0.3 is 14.6 Å². The fourth-order valence-electron chi connectivity index (χ4n) is 1.26. The van der Waals surface area contributed by atoms with E-state index in [-0.39, 0.29) is 18.2 Å². The molecule has 0 saturated heterocycles. The number of nitro benzene ring substituents is 1. The maximum absolute atomic E-state index is 10.8. The summed E-state index contributed by atoms with van der Waals surface area (Å²) in [5.41, 5.74) is 0.284. The topological polar surface area (TPSA) is 98.9 Å². The lowest BCUT2D eigenvalue weighted by Gasteiger charge is -2.07. The molecule has 0 fully saturated rings. The Bertz CT molecular complexity index is 497. The largest absolute Gasteiger partial charge is 0.478 e. The standard InChI is InChI=1S/C12H13NO6/c1-2-18-8-19-11-7-9(4-6-12(14)15)3-5-10(11)13(16)17/h3-7H,2,8H2,1H3,(H,14,15). The molecule has 0 bridgehead atoms. The van der Waals surface area contributed by atoms with Gasteiger partial charge >= 0.3 is 11.7 Å². The molecule has 0 aliphatic heterocycles. The Labute approximate surface area is 109 Å². The molecule has 7 heteroatoms. The van der Waals surface area contributed by atoms with E-state index in [9.17, 15) is 14.9 Å². The highest BCUT2D eigenvalue weighted by Crippen LogP contribution is 2.28. The number of benzene rings is 1. The summed E-state index contributed by atoms with van der Waals surface area (Å²) in [6.45, 7) is 2.08. The van der Waals surface area contributed by atoms with Crippen LogP contribution in [-0.2, 0) is 9.53 Å². The van der Waals surface area contributed by atoms with Crippen LogP contribution in [0.3, 0.4) is 0 Å². The molecule has 0 radical (unpaired) electrons. The summed E-state index contributed by atoms with van der Waals surface area (Å²) in [6, 6.07) is 4.07. The minimum Gasteiger partial charge on any atom is -0.478 e. The number of rotatable bonds is 7. The average Bonchev–Trinajstić information content (AvgIpc) is 2.36. The zero-order chi connectivity index (χ0) is 14.3. The number of aliphatic carboxylic acids is 1. The van der Waals surface area contributed by atoms with E-state index in [4.69, 9.17) is 14.6 Å². The van der Waals surface area contributed by atoms with Gasteiger partial charge in [0.25, 0.3) is 0 Å². The van der Waals surface area contributed by atoms with Gasteiger partial charge in [0.15, 0.2) is 12.5 Å². The summed E-state index contributed by atoms with van der Waals surface area (Å²) in [6.07, 6.45) is 2.26. The highest BCUT2D eigenvalue weighted by Gasteiger charge is 2.15. The molecule has 0 amide bonds. The maximum Gasteiger partial charge on any atom is 0.328 e. The van der Waals surface area contributed by atoms with E-state index in [0.717, 1.165) is 6.08 Å². The van der Waals surface area contributed by atoms with Gasteiger partial charge in [-0.1, -0.05) is 0 Å². The first-order valence-electron chi connectivity index (χ1n) is 5.44. The second-order valence-electron chi connectivity index (χ2n) is 3.41. The Kier molecular flexibility index (Phi) is 5.49. The van der Waals surface area contributed by atoms with Crippen LogP contribution in [0.2, 0.25) is 0 Å². The highest BCUT2D eigenvalue weighted by molar-refractivity contribution is 5.85. The van der Waals surface area contributed by atoms with Crippen molar-refractivity contribution in [1.82, 2.24) is 0 Å². The van der Waals surface area contributed by atoms with Crippen molar-refractivity contribution in [3.63, 3.8) is 0 Å². The second-order valence-corrected chi connectivity index (χ2v) is 3.41.